The van der Waals surface area contributed by atoms with Crippen molar-refractivity contribution in [2.75, 3.05) is 19.6 Å². The molecule has 0 atom stereocenters. The monoisotopic (exact) mass is 267 g/mol. The van der Waals surface area contributed by atoms with Gasteiger partial charge in [0, 0.05) is 38.1 Å². The van der Waals surface area contributed by atoms with Crippen LogP contribution in [0.3, 0.4) is 0 Å². The number of unbranched alkanes of at least 4 members (excludes halogenated alkanes) is 4. The molecule has 4 heteroatoms. The molecule has 4 nitrogen and oxygen atoms in total. The van der Waals surface area contributed by atoms with Crippen molar-refractivity contribution >= 4 is 11.6 Å². The summed E-state index contributed by atoms with van der Waals surface area (Å²) in [5.74, 6) is 0.0712. The van der Waals surface area contributed by atoms with Crippen LogP contribution >= 0.6 is 0 Å². The summed E-state index contributed by atoms with van der Waals surface area (Å²) in [6.45, 7) is 7.64. The van der Waals surface area contributed by atoms with Gasteiger partial charge in [-0.05, 0) is 13.0 Å². The highest BCUT2D eigenvalue weighted by Gasteiger charge is 2.13. The normalized spacial score (nSPS) is 16.4. The highest BCUT2D eigenvalue weighted by molar-refractivity contribution is 5.87. The second kappa shape index (κ2) is 9.96. The van der Waals surface area contributed by atoms with E-state index in [1.807, 2.05) is 0 Å². The highest BCUT2D eigenvalue weighted by atomic mass is 16.2. The fourth-order valence-corrected chi connectivity index (χ4v) is 2.33. The molecule has 0 aromatic heterocycles. The van der Waals surface area contributed by atoms with Crippen LogP contribution in [0.4, 0.5) is 0 Å². The van der Waals surface area contributed by atoms with E-state index in [-0.39, 0.29) is 5.91 Å². The zero-order valence-electron chi connectivity index (χ0n) is 12.6. The molecule has 1 aliphatic rings. The van der Waals surface area contributed by atoms with E-state index in [2.05, 4.69) is 29.3 Å². The summed E-state index contributed by atoms with van der Waals surface area (Å²) in [6.07, 6.45) is 8.50. The third-order valence-electron chi connectivity index (χ3n) is 3.73. The van der Waals surface area contributed by atoms with Gasteiger partial charge in [-0.2, -0.15) is 5.10 Å². The molecule has 1 amide bonds. The van der Waals surface area contributed by atoms with Crippen LogP contribution in [0.5, 0.6) is 0 Å². The van der Waals surface area contributed by atoms with Gasteiger partial charge in [-0.15, -0.1) is 0 Å². The van der Waals surface area contributed by atoms with E-state index in [1.165, 1.54) is 19.3 Å². The van der Waals surface area contributed by atoms with E-state index in [1.54, 1.807) is 0 Å². The van der Waals surface area contributed by atoms with Gasteiger partial charge in [0.2, 0.25) is 5.91 Å². The molecule has 1 heterocycles. The smallest absolute Gasteiger partial charge is 0.240 e. The van der Waals surface area contributed by atoms with Gasteiger partial charge in [-0.25, -0.2) is 5.43 Å². The Morgan fingerprint density at radius 2 is 1.84 bits per heavy atom. The van der Waals surface area contributed by atoms with E-state index in [0.29, 0.717) is 6.42 Å². The Morgan fingerprint density at radius 1 is 1.16 bits per heavy atom. The fourth-order valence-electron chi connectivity index (χ4n) is 2.33. The van der Waals surface area contributed by atoms with Gasteiger partial charge < -0.3 is 4.90 Å². The Morgan fingerprint density at radius 3 is 2.47 bits per heavy atom. The molecule has 0 spiro atoms. The van der Waals surface area contributed by atoms with Gasteiger partial charge in [-0.3, -0.25) is 4.79 Å². The van der Waals surface area contributed by atoms with Crippen LogP contribution in [0.2, 0.25) is 0 Å². The first-order chi connectivity index (χ1) is 9.26. The maximum absolute atomic E-state index is 11.6. The quantitative estimate of drug-likeness (QED) is 0.543. The topological polar surface area (TPSA) is 44.7 Å². The second-order valence-corrected chi connectivity index (χ2v) is 5.31. The predicted octanol–water partition coefficient (Wildman–Crippen LogP) is 2.93. The molecule has 0 unspecified atom stereocenters. The molecule has 1 aliphatic heterocycles. The van der Waals surface area contributed by atoms with Crippen LogP contribution in [0.15, 0.2) is 5.10 Å². The average molecular weight is 267 g/mol. The van der Waals surface area contributed by atoms with Crippen LogP contribution in [0, 0.1) is 0 Å². The van der Waals surface area contributed by atoms with Gasteiger partial charge in [0.25, 0.3) is 0 Å². The molecule has 1 fully saturated rings. The molecule has 19 heavy (non-hydrogen) atoms. The Balaban J connectivity index is 2.09. The van der Waals surface area contributed by atoms with Crippen molar-refractivity contribution < 1.29 is 4.79 Å². The maximum Gasteiger partial charge on any atom is 0.240 e. The number of hydrazone groups is 1. The number of nitrogens with zero attached hydrogens (tertiary/aromatic N) is 2. The minimum atomic E-state index is 0.0712. The van der Waals surface area contributed by atoms with Crippen molar-refractivity contribution in [2.24, 2.45) is 5.10 Å². The predicted molar refractivity (Wildman–Crippen MR) is 80.3 cm³/mol. The number of carbonyl (C=O) groups is 1. The molecule has 110 valence electrons. The largest absolute Gasteiger partial charge is 0.303 e. The number of nitrogens with one attached hydrogen (secondary N) is 1. The number of likely N-dealkylation sites (tertiary alicyclic amines) is 1. The molecule has 0 saturated carbocycles. The van der Waals surface area contributed by atoms with Crippen LogP contribution in [-0.2, 0) is 4.79 Å². The Labute approximate surface area is 117 Å². The van der Waals surface area contributed by atoms with Crippen molar-refractivity contribution in [1.82, 2.24) is 10.3 Å². The molecule has 0 bridgehead atoms. The van der Waals surface area contributed by atoms with E-state index >= 15 is 0 Å². The van der Waals surface area contributed by atoms with Gasteiger partial charge >= 0.3 is 0 Å². The van der Waals surface area contributed by atoms with Gasteiger partial charge in [-0.1, -0.05) is 39.5 Å². The minimum absolute atomic E-state index is 0.0712. The molecule has 1 saturated heterocycles. The van der Waals surface area contributed by atoms with E-state index in [9.17, 15) is 4.79 Å². The van der Waals surface area contributed by atoms with Crippen molar-refractivity contribution in [3.05, 3.63) is 0 Å². The van der Waals surface area contributed by atoms with Gasteiger partial charge in [0.15, 0.2) is 0 Å². The molecular weight excluding hydrogens is 238 g/mol. The fraction of sp³-hybridized carbons (Fsp3) is 0.867. The number of hydrogen-bond acceptors (Lipinski definition) is 3. The van der Waals surface area contributed by atoms with Crippen molar-refractivity contribution in [1.29, 1.82) is 0 Å². The Kier molecular flexibility index (Phi) is 8.47. The molecule has 0 aromatic carbocycles. The third kappa shape index (κ3) is 7.31. The molecule has 0 radical (unpaired) electrons. The standard InChI is InChI=1S/C15H29N3O/c1-3-5-6-7-8-9-15(19)17-16-14-10-12-18(4-2)13-11-14/h3-13H2,1-2H3,(H,17,19). The molecule has 1 rings (SSSR count). The van der Waals surface area contributed by atoms with Crippen molar-refractivity contribution in [3.8, 4) is 0 Å². The minimum Gasteiger partial charge on any atom is -0.303 e. The molecule has 1 N–H and O–H groups in total. The van der Waals surface area contributed by atoms with Crippen molar-refractivity contribution in [2.45, 2.75) is 65.2 Å². The summed E-state index contributed by atoms with van der Waals surface area (Å²) < 4.78 is 0. The lowest BCUT2D eigenvalue weighted by atomic mass is 10.1. The van der Waals surface area contributed by atoms with Crippen LogP contribution in [0.25, 0.3) is 0 Å². The summed E-state index contributed by atoms with van der Waals surface area (Å²) in [7, 11) is 0. The van der Waals surface area contributed by atoms with Gasteiger partial charge in [0.05, 0.1) is 0 Å². The first-order valence-corrected chi connectivity index (χ1v) is 7.82. The Hall–Kier alpha value is -0.900. The number of amides is 1. The lowest BCUT2D eigenvalue weighted by Gasteiger charge is -2.25. The first kappa shape index (κ1) is 16.2. The Bertz CT molecular complexity index is 279. The van der Waals surface area contributed by atoms with E-state index < -0.39 is 0 Å². The van der Waals surface area contributed by atoms with Crippen LogP contribution in [-0.4, -0.2) is 36.2 Å². The zero-order valence-corrected chi connectivity index (χ0v) is 12.6. The van der Waals surface area contributed by atoms with Crippen LogP contribution < -0.4 is 5.43 Å². The molecule has 0 aromatic rings. The highest BCUT2D eigenvalue weighted by Crippen LogP contribution is 2.07. The third-order valence-corrected chi connectivity index (χ3v) is 3.73. The summed E-state index contributed by atoms with van der Waals surface area (Å²) >= 11 is 0. The van der Waals surface area contributed by atoms with Crippen LogP contribution in [0.1, 0.15) is 65.2 Å². The lowest BCUT2D eigenvalue weighted by molar-refractivity contribution is -0.121. The first-order valence-electron chi connectivity index (χ1n) is 7.82. The SMILES string of the molecule is CCCCCCCC(=O)NN=C1CCN(CC)CC1. The number of piperidine rings is 1. The zero-order chi connectivity index (χ0) is 13.9. The maximum atomic E-state index is 11.6. The van der Waals surface area contributed by atoms with Gasteiger partial charge in [0.1, 0.15) is 0 Å². The summed E-state index contributed by atoms with van der Waals surface area (Å²) in [5.41, 5.74) is 3.85. The second-order valence-electron chi connectivity index (χ2n) is 5.31. The van der Waals surface area contributed by atoms with E-state index in [4.69, 9.17) is 0 Å². The average Bonchev–Trinajstić information content (AvgIpc) is 2.45. The molecular formula is C15H29N3O. The summed E-state index contributed by atoms with van der Waals surface area (Å²) in [4.78, 5) is 14.0. The van der Waals surface area contributed by atoms with E-state index in [0.717, 1.165) is 51.0 Å². The molecule has 0 aliphatic carbocycles. The lowest BCUT2D eigenvalue weighted by Crippen LogP contribution is -2.34. The summed E-state index contributed by atoms with van der Waals surface area (Å²) in [6, 6.07) is 0. The number of rotatable bonds is 8. The van der Waals surface area contributed by atoms with Crippen molar-refractivity contribution in [3.63, 3.8) is 0 Å². The number of carbonyl (C=O) groups excluding carboxylic acids is 1. The summed E-state index contributed by atoms with van der Waals surface area (Å²) in [5, 5.41) is 4.26. The number of hydrogen-bond donors (Lipinski definition) is 1.